The molecule has 0 radical (unpaired) electrons. The van der Waals surface area contributed by atoms with Crippen molar-refractivity contribution < 1.29 is 4.79 Å². The van der Waals surface area contributed by atoms with Crippen molar-refractivity contribution in [3.8, 4) is 12.3 Å². The third kappa shape index (κ3) is 2.30. The summed E-state index contributed by atoms with van der Waals surface area (Å²) in [4.78, 5) is 17.7. The number of hydrogen-bond donors (Lipinski definition) is 0. The number of carbonyl (C=O) groups excluding carboxylic acids is 1. The molecule has 0 aliphatic rings. The zero-order valence-corrected chi connectivity index (χ0v) is 8.39. The van der Waals surface area contributed by atoms with Gasteiger partial charge in [0.2, 0.25) is 0 Å². The van der Waals surface area contributed by atoms with Gasteiger partial charge in [-0.3, -0.25) is 4.79 Å². The molecule has 1 amide bonds. The summed E-state index contributed by atoms with van der Waals surface area (Å²) in [5.41, 5.74) is 0. The summed E-state index contributed by atoms with van der Waals surface area (Å²) in [6.45, 7) is 2.19. The van der Waals surface area contributed by atoms with Crippen LogP contribution in [0.1, 0.15) is 14.7 Å². The Bertz CT molecular complexity index is 351. The van der Waals surface area contributed by atoms with Crippen molar-refractivity contribution in [3.63, 3.8) is 0 Å². The van der Waals surface area contributed by atoms with Crippen LogP contribution in [0.5, 0.6) is 0 Å². The van der Waals surface area contributed by atoms with Crippen molar-refractivity contribution in [2.75, 3.05) is 13.6 Å². The molecule has 0 N–H and O–H groups in total. The Hall–Kier alpha value is -1.34. The van der Waals surface area contributed by atoms with Crippen LogP contribution < -0.4 is 0 Å². The molecule has 0 unspecified atom stereocenters. The van der Waals surface area contributed by atoms with Crippen LogP contribution in [0.2, 0.25) is 0 Å². The Morgan fingerprint density at radius 1 is 1.85 bits per heavy atom. The highest BCUT2D eigenvalue weighted by Crippen LogP contribution is 2.13. The Labute approximate surface area is 81.4 Å². The number of terminal acetylenes is 1. The summed E-state index contributed by atoms with van der Waals surface area (Å²) >= 11 is 1.38. The molecule has 1 aromatic rings. The molecule has 0 aliphatic heterocycles. The molecule has 3 nitrogen and oxygen atoms in total. The average molecular weight is 194 g/mol. The van der Waals surface area contributed by atoms with Crippen molar-refractivity contribution in [3.05, 3.63) is 16.1 Å². The van der Waals surface area contributed by atoms with E-state index in [0.29, 0.717) is 11.4 Å². The Morgan fingerprint density at radius 3 is 3.00 bits per heavy atom. The van der Waals surface area contributed by atoms with E-state index in [0.717, 1.165) is 5.01 Å². The van der Waals surface area contributed by atoms with Crippen molar-refractivity contribution in [2.24, 2.45) is 0 Å². The van der Waals surface area contributed by atoms with E-state index >= 15 is 0 Å². The third-order valence-electron chi connectivity index (χ3n) is 1.51. The fraction of sp³-hybridized carbons (Fsp3) is 0.333. The normalized spacial score (nSPS) is 9.31. The van der Waals surface area contributed by atoms with Gasteiger partial charge in [0.25, 0.3) is 5.91 Å². The number of rotatable bonds is 2. The highest BCUT2D eigenvalue weighted by molar-refractivity contribution is 7.13. The lowest BCUT2D eigenvalue weighted by Gasteiger charge is -2.11. The third-order valence-corrected chi connectivity index (χ3v) is 2.41. The van der Waals surface area contributed by atoms with E-state index in [1.807, 2.05) is 6.92 Å². The summed E-state index contributed by atoms with van der Waals surface area (Å²) in [5, 5.41) is 0.887. The highest BCUT2D eigenvalue weighted by Gasteiger charge is 2.12. The van der Waals surface area contributed by atoms with Crippen molar-refractivity contribution in [1.82, 2.24) is 9.88 Å². The van der Waals surface area contributed by atoms with Crippen LogP contribution in [-0.2, 0) is 0 Å². The van der Waals surface area contributed by atoms with Gasteiger partial charge in [-0.05, 0) is 6.92 Å². The fourth-order valence-electron chi connectivity index (χ4n) is 0.857. The number of nitrogens with zero attached hydrogens (tertiary/aromatic N) is 2. The first-order chi connectivity index (χ1) is 6.15. The first-order valence-corrected chi connectivity index (χ1v) is 4.58. The molecule has 0 saturated carbocycles. The molecular weight excluding hydrogens is 184 g/mol. The number of amides is 1. The molecule has 0 aliphatic carbocycles. The van der Waals surface area contributed by atoms with E-state index < -0.39 is 0 Å². The number of thiazole rings is 1. The van der Waals surface area contributed by atoms with E-state index in [1.54, 1.807) is 13.2 Å². The summed E-state index contributed by atoms with van der Waals surface area (Å²) in [7, 11) is 1.68. The number of aromatic nitrogens is 1. The Morgan fingerprint density at radius 2 is 2.54 bits per heavy atom. The molecule has 0 atom stereocenters. The molecular formula is C9H10N2OS. The largest absolute Gasteiger partial charge is 0.330 e. The van der Waals surface area contributed by atoms with Gasteiger partial charge in [-0.25, -0.2) is 4.98 Å². The number of hydrogen-bond acceptors (Lipinski definition) is 3. The monoisotopic (exact) mass is 194 g/mol. The van der Waals surface area contributed by atoms with Crippen molar-refractivity contribution in [1.29, 1.82) is 0 Å². The van der Waals surface area contributed by atoms with Gasteiger partial charge in [-0.1, -0.05) is 5.92 Å². The highest BCUT2D eigenvalue weighted by atomic mass is 32.1. The van der Waals surface area contributed by atoms with Gasteiger partial charge in [0.05, 0.1) is 17.7 Å². The van der Waals surface area contributed by atoms with E-state index in [4.69, 9.17) is 6.42 Å². The Kier molecular flexibility index (Phi) is 3.04. The summed E-state index contributed by atoms with van der Waals surface area (Å²) in [6.07, 6.45) is 6.67. The molecule has 1 rings (SSSR count). The number of aryl methyl sites for hydroxylation is 1. The van der Waals surface area contributed by atoms with Crippen LogP contribution >= 0.6 is 11.3 Å². The molecule has 68 valence electrons. The molecule has 0 saturated heterocycles. The van der Waals surface area contributed by atoms with Gasteiger partial charge >= 0.3 is 0 Å². The minimum Gasteiger partial charge on any atom is -0.330 e. The SMILES string of the molecule is C#CCN(C)C(=O)c1cnc(C)s1. The second-order valence-corrected chi connectivity index (χ2v) is 3.84. The quantitative estimate of drug-likeness (QED) is 0.662. The predicted octanol–water partition coefficient (Wildman–Crippen LogP) is 1.16. The van der Waals surface area contributed by atoms with Crippen LogP contribution in [0.25, 0.3) is 0 Å². The van der Waals surface area contributed by atoms with Crippen molar-refractivity contribution in [2.45, 2.75) is 6.92 Å². The molecule has 0 spiro atoms. The summed E-state index contributed by atoms with van der Waals surface area (Å²) < 4.78 is 0. The lowest BCUT2D eigenvalue weighted by atomic mass is 10.4. The second-order valence-electron chi connectivity index (χ2n) is 2.61. The summed E-state index contributed by atoms with van der Waals surface area (Å²) in [5.74, 6) is 2.35. The predicted molar refractivity (Wildman–Crippen MR) is 52.6 cm³/mol. The summed E-state index contributed by atoms with van der Waals surface area (Å²) in [6, 6.07) is 0. The molecule has 4 heteroatoms. The van der Waals surface area contributed by atoms with E-state index in [1.165, 1.54) is 16.2 Å². The Balaban J connectivity index is 2.74. The van der Waals surface area contributed by atoms with Gasteiger partial charge in [-0.2, -0.15) is 0 Å². The van der Waals surface area contributed by atoms with Crippen LogP contribution in [0.15, 0.2) is 6.20 Å². The smallest absolute Gasteiger partial charge is 0.266 e. The van der Waals surface area contributed by atoms with Gasteiger partial charge in [0.15, 0.2) is 0 Å². The second kappa shape index (κ2) is 4.06. The van der Waals surface area contributed by atoms with Gasteiger partial charge in [0.1, 0.15) is 4.88 Å². The van der Waals surface area contributed by atoms with E-state index in [-0.39, 0.29) is 5.91 Å². The first-order valence-electron chi connectivity index (χ1n) is 3.76. The maximum atomic E-state index is 11.5. The molecule has 0 bridgehead atoms. The lowest BCUT2D eigenvalue weighted by Crippen LogP contribution is -2.26. The molecule has 1 heterocycles. The maximum absolute atomic E-state index is 11.5. The van der Waals surface area contributed by atoms with Crippen LogP contribution in [-0.4, -0.2) is 29.4 Å². The van der Waals surface area contributed by atoms with Gasteiger partial charge in [-0.15, -0.1) is 17.8 Å². The van der Waals surface area contributed by atoms with Crippen LogP contribution in [0.3, 0.4) is 0 Å². The van der Waals surface area contributed by atoms with Crippen molar-refractivity contribution >= 4 is 17.2 Å². The molecule has 0 fully saturated rings. The first kappa shape index (κ1) is 9.75. The molecule has 1 aromatic heterocycles. The standard InChI is InChI=1S/C9H10N2OS/c1-4-5-11(3)9(12)8-6-10-7(2)13-8/h1,6H,5H2,2-3H3. The van der Waals surface area contributed by atoms with Gasteiger partial charge < -0.3 is 4.90 Å². The minimum atomic E-state index is -0.0662. The molecule has 13 heavy (non-hydrogen) atoms. The molecule has 0 aromatic carbocycles. The van der Waals surface area contributed by atoms with E-state index in [9.17, 15) is 4.79 Å². The maximum Gasteiger partial charge on any atom is 0.266 e. The zero-order valence-electron chi connectivity index (χ0n) is 7.57. The van der Waals surface area contributed by atoms with Crippen LogP contribution in [0, 0.1) is 19.3 Å². The fourth-order valence-corrected chi connectivity index (χ4v) is 1.63. The van der Waals surface area contributed by atoms with E-state index in [2.05, 4.69) is 10.9 Å². The van der Waals surface area contributed by atoms with Crippen LogP contribution in [0.4, 0.5) is 0 Å². The topological polar surface area (TPSA) is 33.2 Å². The van der Waals surface area contributed by atoms with Gasteiger partial charge in [0, 0.05) is 7.05 Å². The minimum absolute atomic E-state index is 0.0662. The average Bonchev–Trinajstić information content (AvgIpc) is 2.51. The lowest BCUT2D eigenvalue weighted by molar-refractivity contribution is 0.0817. The zero-order chi connectivity index (χ0) is 9.84. The number of carbonyl (C=O) groups is 1.